The molecule has 3 rings (SSSR count). The first-order valence-corrected chi connectivity index (χ1v) is 8.76. The van der Waals surface area contributed by atoms with Crippen molar-refractivity contribution in [3.05, 3.63) is 78.0 Å². The van der Waals surface area contributed by atoms with Crippen molar-refractivity contribution in [1.29, 1.82) is 0 Å². The van der Waals surface area contributed by atoms with Gasteiger partial charge in [0.15, 0.2) is 0 Å². The summed E-state index contributed by atoms with van der Waals surface area (Å²) in [4.78, 5) is 25.8. The zero-order valence-corrected chi connectivity index (χ0v) is 15.4. The van der Waals surface area contributed by atoms with E-state index in [-0.39, 0.29) is 6.54 Å². The smallest absolute Gasteiger partial charge is 0.325 e. The van der Waals surface area contributed by atoms with Crippen molar-refractivity contribution in [2.75, 3.05) is 6.54 Å². The predicted molar refractivity (Wildman–Crippen MR) is 109 cm³/mol. The Morgan fingerprint density at radius 3 is 2.29 bits per heavy atom. The van der Waals surface area contributed by atoms with Crippen LogP contribution in [0, 0.1) is 0 Å². The summed E-state index contributed by atoms with van der Waals surface area (Å²) >= 11 is 0. The van der Waals surface area contributed by atoms with E-state index in [1.54, 1.807) is 6.07 Å². The molecule has 28 heavy (non-hydrogen) atoms. The van der Waals surface area contributed by atoms with Gasteiger partial charge in [-0.15, -0.1) is 0 Å². The summed E-state index contributed by atoms with van der Waals surface area (Å²) in [5.74, 6) is -1.49. The van der Waals surface area contributed by atoms with Crippen LogP contribution < -0.4 is 17.2 Å². The number of aliphatic carboxylic acids is 1. The molecule has 0 spiro atoms. The van der Waals surface area contributed by atoms with Crippen LogP contribution in [0.5, 0.6) is 0 Å². The van der Waals surface area contributed by atoms with E-state index in [1.165, 1.54) is 6.20 Å². The van der Waals surface area contributed by atoms with Gasteiger partial charge in [0.05, 0.1) is 11.1 Å². The zero-order chi connectivity index (χ0) is 20.6. The minimum Gasteiger partial charge on any atom is -0.480 e. The van der Waals surface area contributed by atoms with Crippen molar-refractivity contribution in [3.63, 3.8) is 0 Å². The van der Waals surface area contributed by atoms with Crippen LogP contribution in [0.25, 0.3) is 10.9 Å². The predicted octanol–water partition coefficient (Wildman–Crippen LogP) is 1.69. The molecule has 0 saturated heterocycles. The highest BCUT2D eigenvalue weighted by atomic mass is 16.4. The van der Waals surface area contributed by atoms with Gasteiger partial charge >= 0.3 is 5.97 Å². The Labute approximate surface area is 163 Å². The van der Waals surface area contributed by atoms with E-state index in [0.29, 0.717) is 18.4 Å². The molecule has 1 unspecified atom stereocenters. The number of aromatic nitrogens is 1. The molecule has 0 bridgehead atoms. The van der Waals surface area contributed by atoms with Gasteiger partial charge in [0.25, 0.3) is 0 Å². The SMILES string of the molecule is NC(=O)c1cnc2ccccc2c1.NCC(N)(CCc1ccccc1)C(=O)O. The van der Waals surface area contributed by atoms with Crippen molar-refractivity contribution >= 4 is 22.8 Å². The van der Waals surface area contributed by atoms with Crippen LogP contribution in [0.4, 0.5) is 0 Å². The van der Waals surface area contributed by atoms with Gasteiger partial charge < -0.3 is 22.3 Å². The number of nitrogens with zero attached hydrogens (tertiary/aromatic N) is 1. The van der Waals surface area contributed by atoms with E-state index in [4.69, 9.17) is 22.3 Å². The van der Waals surface area contributed by atoms with Gasteiger partial charge in [-0.25, -0.2) is 0 Å². The minimum absolute atomic E-state index is 0.0465. The standard InChI is InChI=1S/C11H16N2O2.C10H8N2O/c12-8-11(13,10(14)15)7-6-9-4-2-1-3-5-9;11-10(13)8-5-7-3-1-2-4-9(7)12-6-8/h1-5H,6-8,12-13H2,(H,14,15);1-6H,(H2,11,13). The summed E-state index contributed by atoms with van der Waals surface area (Å²) in [7, 11) is 0. The van der Waals surface area contributed by atoms with Crippen molar-refractivity contribution in [2.24, 2.45) is 17.2 Å². The highest BCUT2D eigenvalue weighted by molar-refractivity contribution is 5.96. The molecule has 7 N–H and O–H groups in total. The second kappa shape index (κ2) is 9.59. The molecule has 1 atom stereocenters. The number of benzene rings is 2. The maximum atomic E-state index is 10.9. The number of carbonyl (C=O) groups excluding carboxylic acids is 1. The molecule has 7 nitrogen and oxygen atoms in total. The first-order valence-electron chi connectivity index (χ1n) is 8.76. The number of nitrogens with two attached hydrogens (primary N) is 3. The summed E-state index contributed by atoms with van der Waals surface area (Å²) in [6.45, 7) is -0.0465. The van der Waals surface area contributed by atoms with Gasteiger partial charge in [0.2, 0.25) is 5.91 Å². The molecule has 1 amide bonds. The number of carboxylic acid groups (broad SMARTS) is 1. The quantitative estimate of drug-likeness (QED) is 0.512. The Morgan fingerprint density at radius 2 is 1.68 bits per heavy atom. The molecule has 0 aliphatic heterocycles. The number of rotatable bonds is 6. The topological polar surface area (TPSA) is 145 Å². The highest BCUT2D eigenvalue weighted by Gasteiger charge is 2.31. The lowest BCUT2D eigenvalue weighted by Gasteiger charge is -2.22. The number of carbonyl (C=O) groups is 2. The molecule has 0 fully saturated rings. The van der Waals surface area contributed by atoms with Gasteiger partial charge in [-0.2, -0.15) is 0 Å². The minimum atomic E-state index is -1.31. The van der Waals surface area contributed by atoms with Crippen LogP contribution in [0.1, 0.15) is 22.3 Å². The molecule has 0 radical (unpaired) electrons. The van der Waals surface area contributed by atoms with Crippen molar-refractivity contribution in [3.8, 4) is 0 Å². The van der Waals surface area contributed by atoms with E-state index in [9.17, 15) is 9.59 Å². The van der Waals surface area contributed by atoms with Gasteiger partial charge in [0, 0.05) is 18.1 Å². The fourth-order valence-electron chi connectivity index (χ4n) is 2.51. The number of aryl methyl sites for hydroxylation is 1. The summed E-state index contributed by atoms with van der Waals surface area (Å²) in [5, 5.41) is 9.83. The number of pyridine rings is 1. The molecular formula is C21H24N4O3. The van der Waals surface area contributed by atoms with Gasteiger partial charge in [-0.1, -0.05) is 48.5 Å². The first-order chi connectivity index (χ1) is 13.4. The third-order valence-electron chi connectivity index (χ3n) is 4.37. The average molecular weight is 380 g/mol. The third kappa shape index (κ3) is 5.60. The maximum absolute atomic E-state index is 10.9. The molecule has 1 heterocycles. The first kappa shape index (κ1) is 21.0. The molecule has 7 heteroatoms. The van der Waals surface area contributed by atoms with Crippen LogP contribution in [0.15, 0.2) is 66.9 Å². The molecule has 146 valence electrons. The van der Waals surface area contributed by atoms with E-state index in [2.05, 4.69) is 4.98 Å². The maximum Gasteiger partial charge on any atom is 0.325 e. The molecule has 0 saturated carbocycles. The molecular weight excluding hydrogens is 356 g/mol. The Bertz CT molecular complexity index is 947. The van der Waals surface area contributed by atoms with E-state index in [0.717, 1.165) is 16.5 Å². The monoisotopic (exact) mass is 380 g/mol. The normalized spacial score (nSPS) is 12.5. The Balaban J connectivity index is 0.000000202. The van der Waals surface area contributed by atoms with Crippen molar-refractivity contribution < 1.29 is 14.7 Å². The molecule has 0 aliphatic rings. The fourth-order valence-corrected chi connectivity index (χ4v) is 2.51. The van der Waals surface area contributed by atoms with Gasteiger partial charge in [-0.05, 0) is 30.5 Å². The molecule has 0 aliphatic carbocycles. The second-order valence-corrected chi connectivity index (χ2v) is 6.43. The zero-order valence-electron chi connectivity index (χ0n) is 15.4. The Hall–Kier alpha value is -3.29. The fraction of sp³-hybridized carbons (Fsp3) is 0.190. The van der Waals surface area contributed by atoms with Crippen molar-refractivity contribution in [2.45, 2.75) is 18.4 Å². The van der Waals surface area contributed by atoms with E-state index >= 15 is 0 Å². The largest absolute Gasteiger partial charge is 0.480 e. The number of carboxylic acids is 1. The summed E-state index contributed by atoms with van der Waals surface area (Å²) < 4.78 is 0. The number of hydrogen-bond acceptors (Lipinski definition) is 5. The van der Waals surface area contributed by atoms with Crippen LogP contribution in [0.2, 0.25) is 0 Å². The number of fused-ring (bicyclic) bond motifs is 1. The van der Waals surface area contributed by atoms with E-state index in [1.807, 2.05) is 54.6 Å². The number of para-hydroxylation sites is 1. The third-order valence-corrected chi connectivity index (χ3v) is 4.37. The number of hydrogen-bond donors (Lipinski definition) is 4. The average Bonchev–Trinajstić information content (AvgIpc) is 2.72. The van der Waals surface area contributed by atoms with Crippen molar-refractivity contribution in [1.82, 2.24) is 4.98 Å². The molecule has 3 aromatic rings. The Morgan fingerprint density at radius 1 is 1.04 bits per heavy atom. The summed E-state index contributed by atoms with van der Waals surface area (Å²) in [6.07, 6.45) is 2.47. The number of primary amides is 1. The lowest BCUT2D eigenvalue weighted by molar-refractivity contribution is -0.143. The Kier molecular flexibility index (Phi) is 7.20. The van der Waals surface area contributed by atoms with Gasteiger partial charge in [0.1, 0.15) is 5.54 Å². The van der Waals surface area contributed by atoms with Gasteiger partial charge in [-0.3, -0.25) is 14.6 Å². The second-order valence-electron chi connectivity index (χ2n) is 6.43. The highest BCUT2D eigenvalue weighted by Crippen LogP contribution is 2.12. The molecule has 2 aromatic carbocycles. The molecule has 1 aromatic heterocycles. The van der Waals surface area contributed by atoms with Crippen LogP contribution in [0.3, 0.4) is 0 Å². The number of amides is 1. The lowest BCUT2D eigenvalue weighted by Crippen LogP contribution is -2.54. The summed E-state index contributed by atoms with van der Waals surface area (Å²) in [5.41, 5.74) is 17.2. The van der Waals surface area contributed by atoms with Crippen LogP contribution >= 0.6 is 0 Å². The lowest BCUT2D eigenvalue weighted by atomic mass is 9.92. The van der Waals surface area contributed by atoms with Crippen LogP contribution in [-0.4, -0.2) is 34.1 Å². The van der Waals surface area contributed by atoms with Crippen LogP contribution in [-0.2, 0) is 11.2 Å². The summed E-state index contributed by atoms with van der Waals surface area (Å²) in [6, 6.07) is 19.0. The van der Waals surface area contributed by atoms with E-state index < -0.39 is 17.4 Å².